The molecule has 1 saturated heterocycles. The summed E-state index contributed by atoms with van der Waals surface area (Å²) in [6.45, 7) is 8.09. The summed E-state index contributed by atoms with van der Waals surface area (Å²) in [6, 6.07) is 0. The van der Waals surface area contributed by atoms with Crippen molar-refractivity contribution < 1.29 is 4.74 Å². The zero-order valence-electron chi connectivity index (χ0n) is 10.1. The van der Waals surface area contributed by atoms with Crippen molar-refractivity contribution in [3.8, 4) is 0 Å². The molecular formula is C12H21N3O. The predicted octanol–water partition coefficient (Wildman–Crippen LogP) is 1.39. The fourth-order valence-corrected chi connectivity index (χ4v) is 2.06. The van der Waals surface area contributed by atoms with E-state index in [0.717, 1.165) is 32.7 Å². The average molecular weight is 223 g/mol. The lowest BCUT2D eigenvalue weighted by molar-refractivity contribution is 0.0176. The van der Waals surface area contributed by atoms with Crippen molar-refractivity contribution in [3.63, 3.8) is 0 Å². The molecule has 0 spiro atoms. The Kier molecular flexibility index (Phi) is 3.96. The number of hydrogen-bond donors (Lipinski definition) is 1. The van der Waals surface area contributed by atoms with Gasteiger partial charge in [0, 0.05) is 25.0 Å². The van der Waals surface area contributed by atoms with Gasteiger partial charge in [0.05, 0.1) is 25.6 Å². The highest BCUT2D eigenvalue weighted by molar-refractivity contribution is 5.05. The SMILES string of the molecule is CCC(C)c1cncn1CC1CNCCO1. The van der Waals surface area contributed by atoms with Crippen LogP contribution in [-0.4, -0.2) is 35.4 Å². The molecule has 0 radical (unpaired) electrons. The predicted molar refractivity (Wildman–Crippen MR) is 63.5 cm³/mol. The van der Waals surface area contributed by atoms with Gasteiger partial charge in [0.1, 0.15) is 0 Å². The number of rotatable bonds is 4. The monoisotopic (exact) mass is 223 g/mol. The Morgan fingerprint density at radius 1 is 1.69 bits per heavy atom. The number of imidazole rings is 1. The maximum atomic E-state index is 5.71. The van der Waals surface area contributed by atoms with Crippen molar-refractivity contribution >= 4 is 0 Å². The van der Waals surface area contributed by atoms with E-state index in [-0.39, 0.29) is 6.10 Å². The first-order valence-corrected chi connectivity index (χ1v) is 6.13. The van der Waals surface area contributed by atoms with Crippen LogP contribution in [0.5, 0.6) is 0 Å². The van der Waals surface area contributed by atoms with E-state index < -0.39 is 0 Å². The van der Waals surface area contributed by atoms with E-state index in [1.807, 2.05) is 12.5 Å². The topological polar surface area (TPSA) is 39.1 Å². The summed E-state index contributed by atoms with van der Waals surface area (Å²) < 4.78 is 7.94. The minimum atomic E-state index is 0.283. The molecule has 1 aliphatic rings. The van der Waals surface area contributed by atoms with E-state index in [2.05, 4.69) is 28.7 Å². The van der Waals surface area contributed by atoms with Gasteiger partial charge < -0.3 is 14.6 Å². The Hall–Kier alpha value is -0.870. The van der Waals surface area contributed by atoms with Crippen LogP contribution in [0.1, 0.15) is 31.9 Å². The smallest absolute Gasteiger partial charge is 0.0949 e. The van der Waals surface area contributed by atoms with Crippen molar-refractivity contribution in [2.75, 3.05) is 19.7 Å². The highest BCUT2D eigenvalue weighted by Crippen LogP contribution is 2.18. The van der Waals surface area contributed by atoms with Crippen LogP contribution in [0.4, 0.5) is 0 Å². The molecule has 1 aliphatic heterocycles. The molecule has 0 aliphatic carbocycles. The molecular weight excluding hydrogens is 202 g/mol. The molecule has 4 nitrogen and oxygen atoms in total. The summed E-state index contributed by atoms with van der Waals surface area (Å²) in [7, 11) is 0. The first kappa shape index (κ1) is 11.6. The highest BCUT2D eigenvalue weighted by atomic mass is 16.5. The summed E-state index contributed by atoms with van der Waals surface area (Å²) in [5.41, 5.74) is 1.32. The average Bonchev–Trinajstić information content (AvgIpc) is 2.77. The fourth-order valence-electron chi connectivity index (χ4n) is 2.06. The normalized spacial score (nSPS) is 23.2. The fraction of sp³-hybridized carbons (Fsp3) is 0.750. The maximum Gasteiger partial charge on any atom is 0.0949 e. The summed E-state index contributed by atoms with van der Waals surface area (Å²) in [5.74, 6) is 0.569. The summed E-state index contributed by atoms with van der Waals surface area (Å²) in [6.07, 6.45) is 5.32. The number of morpholine rings is 1. The standard InChI is InChI=1S/C12H21N3O/c1-3-10(2)12-7-14-9-15(12)8-11-6-13-4-5-16-11/h7,9-11,13H,3-6,8H2,1-2H3. The molecule has 1 fully saturated rings. The number of ether oxygens (including phenoxy) is 1. The molecule has 4 heteroatoms. The van der Waals surface area contributed by atoms with Gasteiger partial charge in [-0.15, -0.1) is 0 Å². The quantitative estimate of drug-likeness (QED) is 0.838. The second-order valence-electron chi connectivity index (χ2n) is 4.48. The van der Waals surface area contributed by atoms with Crippen LogP contribution in [0.25, 0.3) is 0 Å². The van der Waals surface area contributed by atoms with Crippen LogP contribution < -0.4 is 5.32 Å². The van der Waals surface area contributed by atoms with Crippen molar-refractivity contribution in [1.29, 1.82) is 0 Å². The van der Waals surface area contributed by atoms with Crippen LogP contribution in [0.3, 0.4) is 0 Å². The number of hydrogen-bond acceptors (Lipinski definition) is 3. The van der Waals surface area contributed by atoms with Crippen molar-refractivity contribution in [3.05, 3.63) is 18.2 Å². The molecule has 16 heavy (non-hydrogen) atoms. The molecule has 1 aromatic heterocycles. The van der Waals surface area contributed by atoms with Crippen molar-refractivity contribution in [2.24, 2.45) is 0 Å². The Labute approximate surface area is 97.0 Å². The molecule has 90 valence electrons. The van der Waals surface area contributed by atoms with Gasteiger partial charge in [-0.2, -0.15) is 0 Å². The molecule has 0 aromatic carbocycles. The lowest BCUT2D eigenvalue weighted by Gasteiger charge is -2.25. The minimum absolute atomic E-state index is 0.283. The van der Waals surface area contributed by atoms with Crippen LogP contribution in [0, 0.1) is 0 Å². The zero-order valence-corrected chi connectivity index (χ0v) is 10.1. The van der Waals surface area contributed by atoms with Gasteiger partial charge in [0.15, 0.2) is 0 Å². The Balaban J connectivity index is 2.00. The van der Waals surface area contributed by atoms with Crippen LogP contribution in [-0.2, 0) is 11.3 Å². The van der Waals surface area contributed by atoms with E-state index in [1.54, 1.807) is 0 Å². The molecule has 2 heterocycles. The van der Waals surface area contributed by atoms with Gasteiger partial charge in [0.25, 0.3) is 0 Å². The van der Waals surface area contributed by atoms with Gasteiger partial charge in [0.2, 0.25) is 0 Å². The summed E-state index contributed by atoms with van der Waals surface area (Å²) in [5, 5.41) is 3.35. The number of aromatic nitrogens is 2. The molecule has 2 unspecified atom stereocenters. The second-order valence-corrected chi connectivity index (χ2v) is 4.48. The van der Waals surface area contributed by atoms with Crippen molar-refractivity contribution in [2.45, 2.75) is 38.8 Å². The van der Waals surface area contributed by atoms with E-state index in [9.17, 15) is 0 Å². The molecule has 2 rings (SSSR count). The molecule has 1 N–H and O–H groups in total. The number of nitrogens with one attached hydrogen (secondary N) is 1. The third kappa shape index (κ3) is 2.62. The molecule has 1 aromatic rings. The van der Waals surface area contributed by atoms with Crippen LogP contribution in [0.2, 0.25) is 0 Å². The molecule has 0 amide bonds. The molecule has 0 saturated carbocycles. The minimum Gasteiger partial charge on any atom is -0.374 e. The van der Waals surface area contributed by atoms with Gasteiger partial charge >= 0.3 is 0 Å². The zero-order chi connectivity index (χ0) is 11.4. The van der Waals surface area contributed by atoms with E-state index in [1.165, 1.54) is 5.69 Å². The van der Waals surface area contributed by atoms with E-state index in [4.69, 9.17) is 4.74 Å². The van der Waals surface area contributed by atoms with Gasteiger partial charge in [-0.25, -0.2) is 4.98 Å². The largest absolute Gasteiger partial charge is 0.374 e. The molecule has 0 bridgehead atoms. The Morgan fingerprint density at radius 3 is 3.25 bits per heavy atom. The van der Waals surface area contributed by atoms with E-state index in [0.29, 0.717) is 5.92 Å². The van der Waals surface area contributed by atoms with Gasteiger partial charge in [-0.05, 0) is 12.3 Å². The third-order valence-corrected chi connectivity index (χ3v) is 3.27. The maximum absolute atomic E-state index is 5.71. The Morgan fingerprint density at radius 2 is 2.56 bits per heavy atom. The first-order chi connectivity index (χ1) is 7.81. The lowest BCUT2D eigenvalue weighted by Crippen LogP contribution is -2.40. The second kappa shape index (κ2) is 5.46. The van der Waals surface area contributed by atoms with Crippen LogP contribution >= 0.6 is 0 Å². The van der Waals surface area contributed by atoms with Crippen LogP contribution in [0.15, 0.2) is 12.5 Å². The van der Waals surface area contributed by atoms with Gasteiger partial charge in [-0.3, -0.25) is 0 Å². The first-order valence-electron chi connectivity index (χ1n) is 6.13. The van der Waals surface area contributed by atoms with Gasteiger partial charge in [-0.1, -0.05) is 13.8 Å². The third-order valence-electron chi connectivity index (χ3n) is 3.27. The van der Waals surface area contributed by atoms with Crippen molar-refractivity contribution in [1.82, 2.24) is 14.9 Å². The van der Waals surface area contributed by atoms with E-state index >= 15 is 0 Å². The lowest BCUT2D eigenvalue weighted by atomic mass is 10.1. The number of nitrogens with zero attached hydrogens (tertiary/aromatic N) is 2. The highest BCUT2D eigenvalue weighted by Gasteiger charge is 2.16. The Bertz CT molecular complexity index is 318. The molecule has 2 atom stereocenters. The summed E-state index contributed by atoms with van der Waals surface area (Å²) in [4.78, 5) is 4.24. The summed E-state index contributed by atoms with van der Waals surface area (Å²) >= 11 is 0.